The van der Waals surface area contributed by atoms with Crippen molar-refractivity contribution in [3.8, 4) is 0 Å². The second kappa shape index (κ2) is 12.7. The lowest BCUT2D eigenvalue weighted by molar-refractivity contribution is 0.193. The van der Waals surface area contributed by atoms with Crippen molar-refractivity contribution in [2.45, 2.75) is 64.7 Å². The van der Waals surface area contributed by atoms with Crippen LogP contribution >= 0.6 is 7.82 Å². The molecule has 0 aliphatic carbocycles. The molecule has 19 heavy (non-hydrogen) atoms. The van der Waals surface area contributed by atoms with Crippen LogP contribution in [0.15, 0.2) is 12.3 Å². The maximum Gasteiger partial charge on any atom is 0.528 e. The molecule has 0 unspecified atom stereocenters. The molecule has 0 N–H and O–H groups in total. The first-order valence-electron chi connectivity index (χ1n) is 7.23. The van der Waals surface area contributed by atoms with Gasteiger partial charge in [-0.15, -0.1) is 0 Å². The van der Waals surface area contributed by atoms with Crippen LogP contribution in [0.2, 0.25) is 0 Å². The Morgan fingerprint density at radius 1 is 0.895 bits per heavy atom. The number of phosphoric ester groups is 1. The second-order valence-corrected chi connectivity index (χ2v) is 6.39. The average molecular weight is 292 g/mol. The van der Waals surface area contributed by atoms with Gasteiger partial charge in [0.1, 0.15) is 0 Å². The van der Waals surface area contributed by atoms with E-state index in [1.54, 1.807) is 0 Å². The number of allylic oxidation sites excluding steroid dienone is 1. The molecule has 0 radical (unpaired) electrons. The first-order chi connectivity index (χ1) is 9.18. The van der Waals surface area contributed by atoms with Gasteiger partial charge in [0.25, 0.3) is 0 Å². The summed E-state index contributed by atoms with van der Waals surface area (Å²) in [6.45, 7) is 2.24. The van der Waals surface area contributed by atoms with Crippen LogP contribution in [0, 0.1) is 0 Å². The molecule has 0 rings (SSSR count). The lowest BCUT2D eigenvalue weighted by Gasteiger charge is -2.10. The molecule has 0 atom stereocenters. The van der Waals surface area contributed by atoms with Gasteiger partial charge < -0.3 is 4.52 Å². The van der Waals surface area contributed by atoms with Crippen LogP contribution in [0.3, 0.4) is 0 Å². The van der Waals surface area contributed by atoms with E-state index in [0.717, 1.165) is 12.8 Å². The van der Waals surface area contributed by atoms with Crippen molar-refractivity contribution in [2.75, 3.05) is 14.2 Å². The molecule has 114 valence electrons. The summed E-state index contributed by atoms with van der Waals surface area (Å²) in [6, 6.07) is 0. The third-order valence-electron chi connectivity index (χ3n) is 2.96. The van der Waals surface area contributed by atoms with Crippen molar-refractivity contribution in [1.29, 1.82) is 0 Å². The summed E-state index contributed by atoms with van der Waals surface area (Å²) in [7, 11) is -0.741. The second-order valence-electron chi connectivity index (χ2n) is 4.55. The Morgan fingerprint density at radius 2 is 1.42 bits per heavy atom. The van der Waals surface area contributed by atoms with Crippen LogP contribution in [0.25, 0.3) is 0 Å². The molecule has 0 saturated heterocycles. The predicted octanol–water partition coefficient (Wildman–Crippen LogP) is 5.45. The monoisotopic (exact) mass is 292 g/mol. The van der Waals surface area contributed by atoms with Crippen LogP contribution < -0.4 is 0 Å². The van der Waals surface area contributed by atoms with E-state index in [-0.39, 0.29) is 0 Å². The Morgan fingerprint density at radius 3 is 1.95 bits per heavy atom. The molecule has 0 aliphatic rings. The number of hydrogen-bond donors (Lipinski definition) is 0. The van der Waals surface area contributed by atoms with E-state index in [2.05, 4.69) is 16.0 Å². The highest BCUT2D eigenvalue weighted by atomic mass is 31.2. The molecule has 0 bridgehead atoms. The Labute approximate surface area is 118 Å². The zero-order valence-electron chi connectivity index (χ0n) is 12.6. The Bertz CT molecular complexity index is 258. The van der Waals surface area contributed by atoms with Crippen LogP contribution in [-0.4, -0.2) is 14.2 Å². The van der Waals surface area contributed by atoms with E-state index in [1.165, 1.54) is 65.4 Å². The fourth-order valence-electron chi connectivity index (χ4n) is 1.74. The van der Waals surface area contributed by atoms with Gasteiger partial charge in [-0.1, -0.05) is 51.9 Å². The van der Waals surface area contributed by atoms with Crippen molar-refractivity contribution < 1.29 is 18.1 Å². The summed E-state index contributed by atoms with van der Waals surface area (Å²) in [6.07, 6.45) is 14.6. The molecule has 0 saturated carbocycles. The van der Waals surface area contributed by atoms with Crippen LogP contribution in [-0.2, 0) is 18.1 Å². The Hall–Kier alpha value is -0.310. The first-order valence-corrected chi connectivity index (χ1v) is 8.69. The smallest absolute Gasteiger partial charge is 0.412 e. The van der Waals surface area contributed by atoms with E-state index in [4.69, 9.17) is 4.52 Å². The highest BCUT2D eigenvalue weighted by Crippen LogP contribution is 2.47. The summed E-state index contributed by atoms with van der Waals surface area (Å²) in [5.74, 6) is 0. The third kappa shape index (κ3) is 11.2. The van der Waals surface area contributed by atoms with Gasteiger partial charge in [-0.2, -0.15) is 0 Å². The number of phosphoric acid groups is 1. The van der Waals surface area contributed by atoms with Gasteiger partial charge in [0.2, 0.25) is 0 Å². The molecule has 0 spiro atoms. The third-order valence-corrected chi connectivity index (χ3v) is 4.23. The lowest BCUT2D eigenvalue weighted by atomic mass is 10.1. The van der Waals surface area contributed by atoms with Gasteiger partial charge in [-0.05, 0) is 18.9 Å². The quantitative estimate of drug-likeness (QED) is 0.257. The zero-order chi connectivity index (χ0) is 14.4. The van der Waals surface area contributed by atoms with Gasteiger partial charge in [0, 0.05) is 14.2 Å². The summed E-state index contributed by atoms with van der Waals surface area (Å²) in [4.78, 5) is 0. The summed E-state index contributed by atoms with van der Waals surface area (Å²) >= 11 is 0. The van der Waals surface area contributed by atoms with Crippen LogP contribution in [0.4, 0.5) is 0 Å². The van der Waals surface area contributed by atoms with E-state index in [0.29, 0.717) is 0 Å². The van der Waals surface area contributed by atoms with Crippen molar-refractivity contribution in [1.82, 2.24) is 0 Å². The predicted molar refractivity (Wildman–Crippen MR) is 79.1 cm³/mol. The Balaban J connectivity index is 3.37. The molecule has 0 aromatic heterocycles. The van der Waals surface area contributed by atoms with Crippen molar-refractivity contribution in [3.63, 3.8) is 0 Å². The van der Waals surface area contributed by atoms with Gasteiger partial charge in [-0.25, -0.2) is 4.57 Å². The van der Waals surface area contributed by atoms with Crippen molar-refractivity contribution >= 4 is 7.82 Å². The summed E-state index contributed by atoms with van der Waals surface area (Å²) in [5, 5.41) is 0. The minimum absolute atomic E-state index is 0.933. The molecule has 4 nitrogen and oxygen atoms in total. The van der Waals surface area contributed by atoms with Gasteiger partial charge >= 0.3 is 7.82 Å². The summed E-state index contributed by atoms with van der Waals surface area (Å²) in [5.41, 5.74) is 0. The van der Waals surface area contributed by atoms with E-state index >= 15 is 0 Å². The number of rotatable bonds is 13. The highest BCUT2D eigenvalue weighted by molar-refractivity contribution is 7.48. The van der Waals surface area contributed by atoms with E-state index < -0.39 is 7.82 Å². The molecule has 0 heterocycles. The van der Waals surface area contributed by atoms with Crippen molar-refractivity contribution in [3.05, 3.63) is 12.3 Å². The molecule has 0 aliphatic heterocycles. The Kier molecular flexibility index (Phi) is 12.5. The largest absolute Gasteiger partial charge is 0.528 e. The fourth-order valence-corrected chi connectivity index (χ4v) is 2.30. The van der Waals surface area contributed by atoms with Crippen molar-refractivity contribution in [2.24, 2.45) is 0 Å². The van der Waals surface area contributed by atoms with Crippen LogP contribution in [0.1, 0.15) is 64.7 Å². The maximum absolute atomic E-state index is 11.5. The summed E-state index contributed by atoms with van der Waals surface area (Å²) < 4.78 is 25.7. The maximum atomic E-state index is 11.5. The fraction of sp³-hybridized carbons (Fsp3) is 0.857. The van der Waals surface area contributed by atoms with Crippen LogP contribution in [0.5, 0.6) is 0 Å². The molecule has 5 heteroatoms. The van der Waals surface area contributed by atoms with Gasteiger partial charge in [0.15, 0.2) is 0 Å². The van der Waals surface area contributed by atoms with E-state index in [1.807, 2.05) is 6.08 Å². The average Bonchev–Trinajstić information content (AvgIpc) is 2.44. The number of hydrogen-bond acceptors (Lipinski definition) is 4. The number of unbranched alkanes of at least 4 members (excludes halogenated alkanes) is 8. The SMILES string of the molecule is CCCCCCCCCC/C=C/OP(=O)(OC)OC. The van der Waals surface area contributed by atoms with E-state index in [9.17, 15) is 4.57 Å². The minimum atomic E-state index is -3.35. The molecular formula is C14H29O4P. The molecule has 0 aromatic rings. The molecule has 0 fully saturated rings. The standard InChI is InChI=1S/C14H29O4P/c1-4-5-6-7-8-9-10-11-12-13-14-18-19(15,16-2)17-3/h13-14H,4-12H2,1-3H3/b14-13+. The van der Waals surface area contributed by atoms with Gasteiger partial charge in [0.05, 0.1) is 6.26 Å². The van der Waals surface area contributed by atoms with Gasteiger partial charge in [-0.3, -0.25) is 9.05 Å². The lowest BCUT2D eigenvalue weighted by Crippen LogP contribution is -1.89. The molecular weight excluding hydrogens is 263 g/mol. The molecule has 0 amide bonds. The highest BCUT2D eigenvalue weighted by Gasteiger charge is 2.21. The normalized spacial score (nSPS) is 12.2. The zero-order valence-corrected chi connectivity index (χ0v) is 13.5. The molecule has 0 aromatic carbocycles. The first kappa shape index (κ1) is 18.7. The minimum Gasteiger partial charge on any atom is -0.412 e. The topological polar surface area (TPSA) is 44.8 Å².